The molecule has 0 spiro atoms. The number of ether oxygens (including phenoxy) is 6. The molecule has 286 valence electrons. The Labute approximate surface area is 286 Å². The lowest BCUT2D eigenvalue weighted by Crippen LogP contribution is -2.64. The highest BCUT2D eigenvalue weighted by Crippen LogP contribution is 2.37. The van der Waals surface area contributed by atoms with Gasteiger partial charge in [-0.25, -0.2) is 0 Å². The van der Waals surface area contributed by atoms with E-state index in [1.165, 1.54) is 0 Å². The molecule has 2 saturated heterocycles. The van der Waals surface area contributed by atoms with E-state index in [2.05, 4.69) is 5.32 Å². The highest BCUT2D eigenvalue weighted by Gasteiger charge is 2.53. The number of hydrogen-bond donors (Lipinski definition) is 13. The van der Waals surface area contributed by atoms with Crippen LogP contribution in [0.4, 0.5) is 0 Å². The van der Waals surface area contributed by atoms with Gasteiger partial charge in [-0.2, -0.15) is 0 Å². The van der Waals surface area contributed by atoms with Crippen LogP contribution < -0.4 is 39.7 Å². The summed E-state index contributed by atoms with van der Waals surface area (Å²) in [7, 11) is 0. The van der Waals surface area contributed by atoms with Crippen LogP contribution >= 0.6 is 0 Å². The number of nitrogens with two attached hydrogens (primary N) is 6. The van der Waals surface area contributed by atoms with Crippen LogP contribution in [0.2, 0.25) is 0 Å². The summed E-state index contributed by atoms with van der Waals surface area (Å²) in [6, 6.07) is -2.60. The molecule has 19 heteroatoms. The number of aliphatic hydroxyl groups excluding tert-OH is 6. The molecule has 3 aliphatic heterocycles. The molecule has 18 atom stereocenters. The summed E-state index contributed by atoms with van der Waals surface area (Å²) < 4.78 is 36.2. The second-order valence-electron chi connectivity index (χ2n) is 13.3. The summed E-state index contributed by atoms with van der Waals surface area (Å²) in [5.74, 6) is -0.449. The normalized spacial score (nSPS) is 45.1. The molecule has 19 N–H and O–H groups in total. The Balaban J connectivity index is 1.51. The molecule has 1 unspecified atom stereocenters. The zero-order chi connectivity index (χ0) is 35.8. The van der Waals surface area contributed by atoms with E-state index in [4.69, 9.17) is 62.8 Å². The van der Waals surface area contributed by atoms with Crippen molar-refractivity contribution in [2.45, 2.75) is 130 Å². The van der Waals surface area contributed by atoms with Crippen molar-refractivity contribution in [3.05, 3.63) is 12.2 Å². The summed E-state index contributed by atoms with van der Waals surface area (Å²) in [5.41, 5.74) is 35.9. The maximum Gasteiger partial charge on any atom is 0.187 e. The molecule has 19 nitrogen and oxygen atoms in total. The summed E-state index contributed by atoms with van der Waals surface area (Å²) in [6.07, 6.45) is -10.7. The molecule has 49 heavy (non-hydrogen) atoms. The molecule has 0 aromatic carbocycles. The van der Waals surface area contributed by atoms with Gasteiger partial charge in [-0.1, -0.05) is 12.2 Å². The van der Waals surface area contributed by atoms with Gasteiger partial charge in [0.2, 0.25) is 0 Å². The van der Waals surface area contributed by atoms with E-state index in [-0.39, 0.29) is 19.2 Å². The lowest BCUT2D eigenvalue weighted by atomic mass is 9.77. The Morgan fingerprint density at radius 3 is 2.16 bits per heavy atom. The van der Waals surface area contributed by atoms with Gasteiger partial charge in [0.25, 0.3) is 0 Å². The second-order valence-corrected chi connectivity index (χ2v) is 13.3. The average Bonchev–Trinajstić information content (AvgIpc) is 3.39. The van der Waals surface area contributed by atoms with Crippen molar-refractivity contribution in [3.8, 4) is 0 Å². The maximum absolute atomic E-state index is 11.7. The standard InChI is InChI=1S/C30H59N7O12/c31-6-1-7-37-11-15-4-5-16(34)28(44-15)47-25-17(35)8-13(2-3-14(39)9-32)21(40)27(25)49-30-24(43)26(19(12-38)46-30)48-29-20(36)23(42)22(41)18(10-33)45-29/h4-5,13-30,37-43H,1-3,6-12,31-36H2/t13-,14?,15+,16-,17+,18+,19-,20-,21+,22-,23-,24-,25-,26-,27-,28-,29-,30+/m1/s1. The molecule has 0 bridgehead atoms. The third-order valence-corrected chi connectivity index (χ3v) is 9.68. The Bertz CT molecular complexity index is 1010. The van der Waals surface area contributed by atoms with Crippen LogP contribution in [0.15, 0.2) is 12.2 Å². The topological polar surface area (TPSA) is 345 Å². The van der Waals surface area contributed by atoms with Crippen molar-refractivity contribution in [1.29, 1.82) is 0 Å². The SMILES string of the molecule is NCCCNC[C@@H]1C=C[C@@H](N)[C@@H](O[C@H]2[C@H](O[C@@H]3O[C@H](CO)[C@@H](O[C@H]4O[C@@H](CN)[C@@H](O)[C@H](O)[C@H]4N)[C@H]3O)[C@@H](O)[C@H](CCC(O)CN)C[C@@H]2N)O1. The molecule has 3 heterocycles. The van der Waals surface area contributed by atoms with Crippen molar-refractivity contribution >= 4 is 0 Å². The van der Waals surface area contributed by atoms with Crippen LogP contribution in [0.1, 0.15) is 25.7 Å². The Morgan fingerprint density at radius 1 is 0.796 bits per heavy atom. The predicted octanol–water partition coefficient (Wildman–Crippen LogP) is -6.69. The van der Waals surface area contributed by atoms with E-state index in [9.17, 15) is 30.6 Å². The molecule has 1 saturated carbocycles. The quantitative estimate of drug-likeness (QED) is 0.0493. The van der Waals surface area contributed by atoms with Gasteiger partial charge in [-0.15, -0.1) is 0 Å². The van der Waals surface area contributed by atoms with Crippen molar-refractivity contribution in [1.82, 2.24) is 5.32 Å². The fraction of sp³-hybridized carbons (Fsp3) is 0.933. The molecule has 4 rings (SSSR count). The lowest BCUT2D eigenvalue weighted by Gasteiger charge is -2.46. The molecule has 1 aliphatic carbocycles. The molecular formula is C30H59N7O12. The number of aliphatic hydroxyl groups is 6. The minimum Gasteiger partial charge on any atom is -0.394 e. The molecule has 4 aliphatic rings. The third-order valence-electron chi connectivity index (χ3n) is 9.68. The molecule has 0 aromatic heterocycles. The summed E-state index contributed by atoms with van der Waals surface area (Å²) in [5, 5.41) is 67.2. The summed E-state index contributed by atoms with van der Waals surface area (Å²) in [6.45, 7) is 1.03. The molecule has 3 fully saturated rings. The monoisotopic (exact) mass is 709 g/mol. The van der Waals surface area contributed by atoms with Crippen LogP contribution in [0.3, 0.4) is 0 Å². The fourth-order valence-electron chi connectivity index (χ4n) is 6.71. The van der Waals surface area contributed by atoms with Gasteiger partial charge in [0.1, 0.15) is 48.8 Å². The van der Waals surface area contributed by atoms with Crippen LogP contribution in [0, 0.1) is 5.92 Å². The Hall–Kier alpha value is -1.02. The van der Waals surface area contributed by atoms with E-state index >= 15 is 0 Å². The van der Waals surface area contributed by atoms with Gasteiger partial charge in [-0.05, 0) is 44.7 Å². The third kappa shape index (κ3) is 10.1. The van der Waals surface area contributed by atoms with Crippen LogP contribution in [-0.4, -0.2) is 174 Å². The second kappa shape index (κ2) is 19.2. The average molecular weight is 710 g/mol. The van der Waals surface area contributed by atoms with Crippen molar-refractivity contribution < 1.29 is 59.1 Å². The van der Waals surface area contributed by atoms with E-state index in [0.717, 1.165) is 6.42 Å². The zero-order valence-electron chi connectivity index (χ0n) is 27.7. The van der Waals surface area contributed by atoms with E-state index in [0.29, 0.717) is 38.9 Å². The van der Waals surface area contributed by atoms with Gasteiger partial charge in [0.15, 0.2) is 18.9 Å². The predicted molar refractivity (Wildman–Crippen MR) is 173 cm³/mol. The first kappa shape index (κ1) is 40.7. The maximum atomic E-state index is 11.7. The molecule has 0 aromatic rings. The van der Waals surface area contributed by atoms with E-state index < -0.39 is 111 Å². The Morgan fingerprint density at radius 2 is 1.49 bits per heavy atom. The van der Waals surface area contributed by atoms with E-state index in [1.54, 1.807) is 6.08 Å². The minimum absolute atomic E-state index is 0.0512. The number of nitrogens with one attached hydrogen (secondary N) is 1. The zero-order valence-corrected chi connectivity index (χ0v) is 27.7. The van der Waals surface area contributed by atoms with Crippen LogP contribution in [0.25, 0.3) is 0 Å². The van der Waals surface area contributed by atoms with Gasteiger partial charge in [0, 0.05) is 25.7 Å². The summed E-state index contributed by atoms with van der Waals surface area (Å²) in [4.78, 5) is 0. The highest BCUT2D eigenvalue weighted by atomic mass is 16.8. The van der Waals surface area contributed by atoms with Crippen molar-refractivity contribution in [2.75, 3.05) is 39.3 Å². The first-order valence-corrected chi connectivity index (χ1v) is 17.1. The first-order valence-electron chi connectivity index (χ1n) is 17.1. The van der Waals surface area contributed by atoms with Crippen molar-refractivity contribution in [2.24, 2.45) is 40.3 Å². The number of hydrogen-bond acceptors (Lipinski definition) is 19. The molecule has 0 radical (unpaired) electrons. The number of rotatable bonds is 17. The van der Waals surface area contributed by atoms with Gasteiger partial charge in [-0.3, -0.25) is 0 Å². The van der Waals surface area contributed by atoms with Crippen LogP contribution in [0.5, 0.6) is 0 Å². The van der Waals surface area contributed by atoms with Gasteiger partial charge >= 0.3 is 0 Å². The molecule has 0 amide bonds. The summed E-state index contributed by atoms with van der Waals surface area (Å²) >= 11 is 0. The van der Waals surface area contributed by atoms with Gasteiger partial charge in [0.05, 0.1) is 37.0 Å². The van der Waals surface area contributed by atoms with Crippen molar-refractivity contribution in [3.63, 3.8) is 0 Å². The lowest BCUT2D eigenvalue weighted by molar-refractivity contribution is -0.286. The fourth-order valence-corrected chi connectivity index (χ4v) is 6.71. The smallest absolute Gasteiger partial charge is 0.187 e. The van der Waals surface area contributed by atoms with E-state index in [1.807, 2.05) is 6.08 Å². The molecular weight excluding hydrogens is 650 g/mol. The first-order chi connectivity index (χ1) is 23.4. The minimum atomic E-state index is -1.56. The highest BCUT2D eigenvalue weighted by molar-refractivity contribution is 5.05. The Kier molecular flexibility index (Phi) is 15.9. The van der Waals surface area contributed by atoms with Gasteiger partial charge < -0.3 is 98.8 Å². The largest absolute Gasteiger partial charge is 0.394 e. The van der Waals surface area contributed by atoms with Crippen LogP contribution in [-0.2, 0) is 28.4 Å².